The fourth-order valence-electron chi connectivity index (χ4n) is 3.52. The molecule has 0 saturated carbocycles. The maximum absolute atomic E-state index is 13.2. The molecule has 0 bridgehead atoms. The van der Waals surface area contributed by atoms with E-state index < -0.39 is 0 Å². The van der Waals surface area contributed by atoms with Crippen LogP contribution in [-0.4, -0.2) is 20.3 Å². The van der Waals surface area contributed by atoms with E-state index in [0.29, 0.717) is 29.8 Å². The first-order chi connectivity index (χ1) is 14.5. The number of pyridine rings is 3. The van der Waals surface area contributed by atoms with E-state index in [4.69, 9.17) is 10.7 Å². The van der Waals surface area contributed by atoms with E-state index >= 15 is 0 Å². The molecule has 8 nitrogen and oxygen atoms in total. The van der Waals surface area contributed by atoms with Crippen molar-refractivity contribution in [1.29, 1.82) is 0 Å². The van der Waals surface area contributed by atoms with Gasteiger partial charge in [-0.3, -0.25) is 19.0 Å². The quantitative estimate of drug-likeness (QED) is 0.390. The van der Waals surface area contributed by atoms with Crippen molar-refractivity contribution in [2.24, 2.45) is 0 Å². The van der Waals surface area contributed by atoms with Gasteiger partial charge in [0.05, 0.1) is 6.54 Å². The number of nitrogens with two attached hydrogens (primary N) is 1. The summed E-state index contributed by atoms with van der Waals surface area (Å²) < 4.78 is 3.25. The second-order valence-corrected chi connectivity index (χ2v) is 7.18. The van der Waals surface area contributed by atoms with Gasteiger partial charge in [-0.2, -0.15) is 0 Å². The average molecular weight is 403 g/mol. The Morgan fingerprint density at radius 2 is 2.13 bits per heavy atom. The number of aryl methyl sites for hydroxylation is 2. The first-order valence-electron chi connectivity index (χ1n) is 9.82. The third kappa shape index (κ3) is 3.36. The van der Waals surface area contributed by atoms with Crippen LogP contribution in [0, 0.1) is 6.92 Å². The lowest BCUT2D eigenvalue weighted by Gasteiger charge is -2.12. The molecule has 0 aliphatic rings. The molecule has 4 heterocycles. The Morgan fingerprint density at radius 1 is 1.30 bits per heavy atom. The number of hydrogen-bond acceptors (Lipinski definition) is 5. The molecule has 0 aliphatic carbocycles. The number of carbonyl (C=O) groups is 1. The maximum atomic E-state index is 13.2. The SMILES string of the molecule is CCC[n+]1c(N)c(C(=O)NCc2cccnc2)cc2c(=O)n3cccc(C)c3nc21. The summed E-state index contributed by atoms with van der Waals surface area (Å²) in [5.41, 5.74) is 9.22. The molecule has 0 fully saturated rings. The van der Waals surface area contributed by atoms with Crippen LogP contribution in [0.25, 0.3) is 16.7 Å². The van der Waals surface area contributed by atoms with Crippen LogP contribution in [0.2, 0.25) is 0 Å². The highest BCUT2D eigenvalue weighted by atomic mass is 16.1. The Hall–Kier alpha value is -3.81. The molecular weight excluding hydrogens is 380 g/mol. The molecule has 0 spiro atoms. The van der Waals surface area contributed by atoms with Gasteiger partial charge in [0, 0.05) is 30.7 Å². The molecule has 4 aromatic heterocycles. The van der Waals surface area contributed by atoms with E-state index in [1.54, 1.807) is 41.4 Å². The summed E-state index contributed by atoms with van der Waals surface area (Å²) in [4.78, 5) is 34.9. The number of hydrogen-bond donors (Lipinski definition) is 2. The van der Waals surface area contributed by atoms with Crippen LogP contribution >= 0.6 is 0 Å². The molecule has 0 unspecified atom stereocenters. The Kier molecular flexibility index (Phi) is 5.14. The minimum atomic E-state index is -0.350. The first-order valence-corrected chi connectivity index (χ1v) is 9.82. The Morgan fingerprint density at radius 3 is 2.87 bits per heavy atom. The number of fused-ring (bicyclic) bond motifs is 2. The molecule has 4 aromatic rings. The number of amides is 1. The average Bonchev–Trinajstić information content (AvgIpc) is 2.76. The van der Waals surface area contributed by atoms with Gasteiger partial charge < -0.3 is 11.1 Å². The van der Waals surface area contributed by atoms with Crippen molar-refractivity contribution in [1.82, 2.24) is 19.7 Å². The molecule has 1 amide bonds. The number of nitrogens with one attached hydrogen (secondary N) is 1. The number of anilines is 1. The highest BCUT2D eigenvalue weighted by molar-refractivity contribution is 6.00. The molecule has 3 N–H and O–H groups in total. The predicted octanol–water partition coefficient (Wildman–Crippen LogP) is 1.76. The van der Waals surface area contributed by atoms with Gasteiger partial charge in [0.2, 0.25) is 11.5 Å². The molecule has 0 atom stereocenters. The van der Waals surface area contributed by atoms with Gasteiger partial charge in [-0.15, -0.1) is 0 Å². The van der Waals surface area contributed by atoms with Crippen molar-refractivity contribution in [3.63, 3.8) is 0 Å². The summed E-state index contributed by atoms with van der Waals surface area (Å²) in [6.07, 6.45) is 5.82. The van der Waals surface area contributed by atoms with Crippen LogP contribution in [0.15, 0.2) is 53.7 Å². The number of nitrogens with zero attached hydrogens (tertiary/aromatic N) is 4. The number of aromatic nitrogens is 4. The van der Waals surface area contributed by atoms with Crippen molar-refractivity contribution in [2.75, 3.05) is 5.73 Å². The fraction of sp³-hybridized carbons (Fsp3) is 0.227. The van der Waals surface area contributed by atoms with E-state index in [0.717, 1.165) is 17.5 Å². The zero-order chi connectivity index (χ0) is 21.3. The minimum absolute atomic E-state index is 0.232. The predicted molar refractivity (Wildman–Crippen MR) is 114 cm³/mol. The largest absolute Gasteiger partial charge is 0.348 e. The lowest BCUT2D eigenvalue weighted by Crippen LogP contribution is -2.42. The summed E-state index contributed by atoms with van der Waals surface area (Å²) in [7, 11) is 0. The first kappa shape index (κ1) is 19.5. The normalized spacial score (nSPS) is 11.1. The summed E-state index contributed by atoms with van der Waals surface area (Å²) in [6, 6.07) is 8.93. The second kappa shape index (κ2) is 7.90. The molecule has 4 rings (SSSR count). The number of nitrogen functional groups attached to an aromatic ring is 1. The van der Waals surface area contributed by atoms with Gasteiger partial charge in [0.15, 0.2) is 0 Å². The molecule has 0 saturated heterocycles. The van der Waals surface area contributed by atoms with Crippen LogP contribution in [0.3, 0.4) is 0 Å². The molecule has 0 aromatic carbocycles. The van der Waals surface area contributed by atoms with Gasteiger partial charge in [-0.05, 0) is 37.1 Å². The second-order valence-electron chi connectivity index (χ2n) is 7.18. The molecule has 30 heavy (non-hydrogen) atoms. The van der Waals surface area contributed by atoms with Crippen molar-refractivity contribution in [3.05, 3.63) is 76.0 Å². The zero-order valence-corrected chi connectivity index (χ0v) is 16.9. The lowest BCUT2D eigenvalue weighted by atomic mass is 10.1. The summed E-state index contributed by atoms with van der Waals surface area (Å²) in [5, 5.41) is 3.21. The van der Waals surface area contributed by atoms with E-state index in [9.17, 15) is 9.59 Å². The van der Waals surface area contributed by atoms with E-state index in [1.807, 2.05) is 26.0 Å². The molecule has 152 valence electrons. The summed E-state index contributed by atoms with van der Waals surface area (Å²) in [5.74, 6) is -0.0604. The van der Waals surface area contributed by atoms with Gasteiger partial charge in [0.1, 0.15) is 10.9 Å². The monoisotopic (exact) mass is 403 g/mol. The molecule has 8 heteroatoms. The van der Waals surface area contributed by atoms with Gasteiger partial charge >= 0.3 is 0 Å². The van der Waals surface area contributed by atoms with Crippen LogP contribution in [-0.2, 0) is 13.1 Å². The lowest BCUT2D eigenvalue weighted by molar-refractivity contribution is -0.658. The van der Waals surface area contributed by atoms with Crippen LogP contribution in [0.5, 0.6) is 0 Å². The number of carbonyl (C=O) groups excluding carboxylic acids is 1. The zero-order valence-electron chi connectivity index (χ0n) is 16.9. The Labute approximate surface area is 173 Å². The van der Waals surface area contributed by atoms with Crippen molar-refractivity contribution in [3.8, 4) is 0 Å². The Balaban J connectivity index is 1.87. The van der Waals surface area contributed by atoms with Crippen LogP contribution < -0.4 is 21.2 Å². The maximum Gasteiger partial charge on any atom is 0.278 e. The molecular formula is C22H23N6O2+. The Bertz CT molecular complexity index is 1310. The molecule has 0 aliphatic heterocycles. The fourth-order valence-corrected chi connectivity index (χ4v) is 3.52. The van der Waals surface area contributed by atoms with Gasteiger partial charge in [-0.1, -0.05) is 24.0 Å². The number of rotatable bonds is 5. The highest BCUT2D eigenvalue weighted by Crippen LogP contribution is 2.16. The highest BCUT2D eigenvalue weighted by Gasteiger charge is 2.24. The van der Waals surface area contributed by atoms with Crippen molar-refractivity contribution >= 4 is 28.4 Å². The summed E-state index contributed by atoms with van der Waals surface area (Å²) in [6.45, 7) is 4.76. The van der Waals surface area contributed by atoms with Crippen LogP contribution in [0.1, 0.15) is 34.8 Å². The topological polar surface area (TPSA) is 106 Å². The van der Waals surface area contributed by atoms with Crippen molar-refractivity contribution < 1.29 is 9.36 Å². The third-order valence-electron chi connectivity index (χ3n) is 5.04. The van der Waals surface area contributed by atoms with E-state index in [2.05, 4.69) is 10.3 Å². The minimum Gasteiger partial charge on any atom is -0.348 e. The van der Waals surface area contributed by atoms with Crippen LogP contribution in [0.4, 0.5) is 5.82 Å². The van der Waals surface area contributed by atoms with Gasteiger partial charge in [-0.25, -0.2) is 4.57 Å². The third-order valence-corrected chi connectivity index (χ3v) is 5.04. The van der Waals surface area contributed by atoms with Crippen molar-refractivity contribution in [2.45, 2.75) is 33.4 Å². The molecule has 0 radical (unpaired) electrons. The summed E-state index contributed by atoms with van der Waals surface area (Å²) >= 11 is 0. The standard InChI is InChI=1S/C22H22N6O2/c1-3-9-27-18(23)16(21(29)25-13-15-7-4-8-24-12-15)11-17-20(27)26-19-14(2)6-5-10-28(19)22(17)30/h4-8,10-12,23H,3,9,13H2,1-2H3,(H,25,29)/p+1. The van der Waals surface area contributed by atoms with E-state index in [1.165, 1.54) is 4.40 Å². The van der Waals surface area contributed by atoms with Gasteiger partial charge in [0.25, 0.3) is 17.1 Å². The smallest absolute Gasteiger partial charge is 0.278 e. The van der Waals surface area contributed by atoms with E-state index in [-0.39, 0.29) is 22.8 Å².